The minimum atomic E-state index is 0.331. The van der Waals surface area contributed by atoms with Gasteiger partial charge in [-0.2, -0.15) is 0 Å². The van der Waals surface area contributed by atoms with E-state index in [0.717, 1.165) is 5.56 Å². The molecule has 2 aromatic carbocycles. The van der Waals surface area contributed by atoms with Crippen molar-refractivity contribution in [1.82, 2.24) is 14.8 Å². The molecule has 1 heterocycles. The molecule has 2 N–H and O–H groups in total. The summed E-state index contributed by atoms with van der Waals surface area (Å²) in [5.41, 5.74) is 2.98. The molecule has 5 nitrogen and oxygen atoms in total. The molecule has 0 radical (unpaired) electrons. The van der Waals surface area contributed by atoms with Gasteiger partial charge in [0.05, 0.1) is 17.3 Å². The number of thiocarbonyl (C=S) groups is 1. The zero-order chi connectivity index (χ0) is 17.8. The van der Waals surface area contributed by atoms with Crippen LogP contribution in [0.2, 0.25) is 10.0 Å². The number of halogens is 2. The Morgan fingerprint density at radius 2 is 2.00 bits per heavy atom. The lowest BCUT2D eigenvalue weighted by Crippen LogP contribution is -2.20. The van der Waals surface area contributed by atoms with Crippen LogP contribution in [0.25, 0.3) is 0 Å². The molecule has 1 aromatic heterocycles. The van der Waals surface area contributed by atoms with Crippen LogP contribution in [0.5, 0.6) is 0 Å². The second kappa shape index (κ2) is 7.82. The van der Waals surface area contributed by atoms with Crippen molar-refractivity contribution >= 4 is 52.2 Å². The molecule has 0 amide bonds. The molecule has 3 aromatic rings. The normalized spacial score (nSPS) is 10.5. The van der Waals surface area contributed by atoms with Crippen LogP contribution >= 0.6 is 35.4 Å². The molecule has 0 aliphatic heterocycles. The molecule has 8 heteroatoms. The maximum Gasteiger partial charge on any atom is 0.248 e. The van der Waals surface area contributed by atoms with Gasteiger partial charge in [0.2, 0.25) is 5.95 Å². The van der Waals surface area contributed by atoms with Crippen LogP contribution in [0.4, 0.5) is 11.6 Å². The van der Waals surface area contributed by atoms with Gasteiger partial charge >= 0.3 is 0 Å². The molecule has 0 atom stereocenters. The third-order valence-electron chi connectivity index (χ3n) is 3.37. The van der Waals surface area contributed by atoms with Crippen molar-refractivity contribution in [3.05, 3.63) is 70.0 Å². The Balaban J connectivity index is 1.62. The van der Waals surface area contributed by atoms with E-state index in [0.29, 0.717) is 33.3 Å². The summed E-state index contributed by atoms with van der Waals surface area (Å²) >= 11 is 17.3. The summed E-state index contributed by atoms with van der Waals surface area (Å²) in [6.07, 6.45) is 1.65. The second-order valence-electron chi connectivity index (χ2n) is 5.46. The number of benzene rings is 2. The van der Waals surface area contributed by atoms with Gasteiger partial charge in [-0.1, -0.05) is 53.0 Å². The number of hydrogen-bond donors (Lipinski definition) is 2. The van der Waals surface area contributed by atoms with E-state index in [4.69, 9.17) is 35.4 Å². The predicted molar refractivity (Wildman–Crippen MR) is 107 cm³/mol. The summed E-state index contributed by atoms with van der Waals surface area (Å²) in [5, 5.41) is 11.7. The van der Waals surface area contributed by atoms with Crippen LogP contribution in [0, 0.1) is 6.92 Å². The first-order valence-electron chi connectivity index (χ1n) is 7.47. The van der Waals surface area contributed by atoms with Crippen molar-refractivity contribution < 1.29 is 0 Å². The third-order valence-corrected chi connectivity index (χ3v) is 4.13. The van der Waals surface area contributed by atoms with Gasteiger partial charge in [-0.3, -0.25) is 5.32 Å². The van der Waals surface area contributed by atoms with Gasteiger partial charge in [0, 0.05) is 5.02 Å². The highest BCUT2D eigenvalue weighted by molar-refractivity contribution is 7.80. The van der Waals surface area contributed by atoms with E-state index in [9.17, 15) is 0 Å². The summed E-state index contributed by atoms with van der Waals surface area (Å²) < 4.78 is 1.74. The fraction of sp³-hybridized carbons (Fsp3) is 0.118. The van der Waals surface area contributed by atoms with Crippen LogP contribution < -0.4 is 10.6 Å². The standard InChI is InChI=1S/C17H15Cl2N5S/c1-11-3-2-4-12(7-11)9-24-10-20-16(23-24)22-17(25)21-15-8-13(18)5-6-14(15)19/h2-8,10H,9H2,1H3,(H2,21,22,23,25). The minimum Gasteiger partial charge on any atom is -0.331 e. The third kappa shape index (κ3) is 4.92. The first-order valence-corrected chi connectivity index (χ1v) is 8.64. The molecule has 0 unspecified atom stereocenters. The van der Waals surface area contributed by atoms with Crippen molar-refractivity contribution in [2.24, 2.45) is 0 Å². The zero-order valence-corrected chi connectivity index (χ0v) is 15.7. The Hall–Kier alpha value is -2.15. The van der Waals surface area contributed by atoms with Crippen molar-refractivity contribution in [3.63, 3.8) is 0 Å². The van der Waals surface area contributed by atoms with Crippen molar-refractivity contribution in [2.45, 2.75) is 13.5 Å². The van der Waals surface area contributed by atoms with Gasteiger partial charge < -0.3 is 5.32 Å². The highest BCUT2D eigenvalue weighted by Crippen LogP contribution is 2.25. The summed E-state index contributed by atoms with van der Waals surface area (Å²) in [6.45, 7) is 2.69. The number of nitrogens with zero attached hydrogens (tertiary/aromatic N) is 3. The molecular weight excluding hydrogens is 377 g/mol. The van der Waals surface area contributed by atoms with E-state index in [1.807, 2.05) is 6.07 Å². The van der Waals surface area contributed by atoms with Gasteiger partial charge in [0.15, 0.2) is 5.11 Å². The molecule has 0 spiro atoms. The lowest BCUT2D eigenvalue weighted by atomic mass is 10.1. The molecule has 25 heavy (non-hydrogen) atoms. The van der Waals surface area contributed by atoms with E-state index in [-0.39, 0.29) is 0 Å². The van der Waals surface area contributed by atoms with Gasteiger partial charge in [-0.05, 0) is 42.9 Å². The summed E-state index contributed by atoms with van der Waals surface area (Å²) in [6, 6.07) is 13.3. The minimum absolute atomic E-state index is 0.331. The van der Waals surface area contributed by atoms with E-state index < -0.39 is 0 Å². The predicted octanol–water partition coefficient (Wildman–Crippen LogP) is 4.75. The van der Waals surface area contributed by atoms with E-state index in [1.165, 1.54) is 5.56 Å². The maximum absolute atomic E-state index is 6.11. The van der Waals surface area contributed by atoms with Gasteiger partial charge in [0.25, 0.3) is 0 Å². The second-order valence-corrected chi connectivity index (χ2v) is 6.71. The Morgan fingerprint density at radius 1 is 1.16 bits per heavy atom. The first kappa shape index (κ1) is 17.7. The molecule has 0 fully saturated rings. The number of rotatable bonds is 4. The highest BCUT2D eigenvalue weighted by atomic mass is 35.5. The quantitative estimate of drug-likeness (QED) is 0.628. The Morgan fingerprint density at radius 3 is 2.80 bits per heavy atom. The smallest absolute Gasteiger partial charge is 0.248 e. The molecule has 3 rings (SSSR count). The lowest BCUT2D eigenvalue weighted by Gasteiger charge is -2.09. The van der Waals surface area contributed by atoms with Crippen LogP contribution in [-0.4, -0.2) is 19.9 Å². The molecule has 0 saturated heterocycles. The topological polar surface area (TPSA) is 54.8 Å². The summed E-state index contributed by atoms with van der Waals surface area (Å²) in [7, 11) is 0. The zero-order valence-electron chi connectivity index (χ0n) is 13.3. The number of nitrogens with one attached hydrogen (secondary N) is 2. The Labute approximate surface area is 161 Å². The molecule has 0 aliphatic rings. The molecule has 128 valence electrons. The molecule has 0 aliphatic carbocycles. The number of aryl methyl sites for hydroxylation is 1. The van der Waals surface area contributed by atoms with Gasteiger partial charge in [-0.25, -0.2) is 9.67 Å². The average Bonchev–Trinajstić information content (AvgIpc) is 2.97. The maximum atomic E-state index is 6.11. The molecular formula is C17H15Cl2N5S. The molecule has 0 bridgehead atoms. The molecule has 0 saturated carbocycles. The van der Waals surface area contributed by atoms with Gasteiger partial charge in [0.1, 0.15) is 6.33 Å². The summed E-state index contributed by atoms with van der Waals surface area (Å²) in [4.78, 5) is 4.21. The van der Waals surface area contributed by atoms with Crippen LogP contribution in [-0.2, 0) is 6.54 Å². The van der Waals surface area contributed by atoms with E-state index in [2.05, 4.69) is 45.8 Å². The Bertz CT molecular complexity index is 910. The monoisotopic (exact) mass is 391 g/mol. The largest absolute Gasteiger partial charge is 0.331 e. The fourth-order valence-corrected chi connectivity index (χ4v) is 2.81. The summed E-state index contributed by atoms with van der Waals surface area (Å²) in [5.74, 6) is 0.406. The van der Waals surface area contributed by atoms with Crippen molar-refractivity contribution in [3.8, 4) is 0 Å². The number of aromatic nitrogens is 3. The number of anilines is 2. The first-order chi connectivity index (χ1) is 12.0. The van der Waals surface area contributed by atoms with E-state index in [1.54, 1.807) is 29.2 Å². The van der Waals surface area contributed by atoms with Crippen LogP contribution in [0.1, 0.15) is 11.1 Å². The number of hydrogen-bond acceptors (Lipinski definition) is 3. The lowest BCUT2D eigenvalue weighted by molar-refractivity contribution is 0.687. The van der Waals surface area contributed by atoms with Crippen molar-refractivity contribution in [2.75, 3.05) is 10.6 Å². The van der Waals surface area contributed by atoms with Crippen LogP contribution in [0.15, 0.2) is 48.8 Å². The Kier molecular flexibility index (Phi) is 5.53. The SMILES string of the molecule is Cc1cccc(Cn2cnc(NC(=S)Nc3cc(Cl)ccc3Cl)n2)c1. The highest BCUT2D eigenvalue weighted by Gasteiger charge is 2.07. The fourth-order valence-electron chi connectivity index (χ4n) is 2.27. The average molecular weight is 392 g/mol. The van der Waals surface area contributed by atoms with Crippen molar-refractivity contribution in [1.29, 1.82) is 0 Å². The van der Waals surface area contributed by atoms with E-state index >= 15 is 0 Å². The van der Waals surface area contributed by atoms with Gasteiger partial charge in [-0.15, -0.1) is 5.10 Å². The van der Waals surface area contributed by atoms with Crippen LogP contribution in [0.3, 0.4) is 0 Å².